The lowest BCUT2D eigenvalue weighted by Gasteiger charge is -2.27. The molecule has 2 atom stereocenters. The minimum Gasteiger partial charge on any atom is -0.444 e. The Hall–Kier alpha value is -2.97. The smallest absolute Gasteiger partial charge is 0.411 e. The molecule has 3 rings (SSSR count). The number of benzene rings is 1. The number of rotatable bonds is 2. The van der Waals surface area contributed by atoms with Gasteiger partial charge >= 0.3 is 12.1 Å². The van der Waals surface area contributed by atoms with Gasteiger partial charge < -0.3 is 9.57 Å². The lowest BCUT2D eigenvalue weighted by Crippen LogP contribution is -2.46. The Labute approximate surface area is 154 Å². The van der Waals surface area contributed by atoms with Crippen LogP contribution in [0.2, 0.25) is 0 Å². The molecule has 0 unspecified atom stereocenters. The van der Waals surface area contributed by atoms with Crippen molar-refractivity contribution < 1.29 is 33.1 Å². The van der Waals surface area contributed by atoms with Crippen molar-refractivity contribution in [2.75, 3.05) is 6.54 Å². The highest BCUT2D eigenvalue weighted by atomic mass is 19.1. The molecule has 0 radical (unpaired) electrons. The van der Waals surface area contributed by atoms with Gasteiger partial charge in [0.15, 0.2) is 0 Å². The number of ether oxygens (including phenoxy) is 1. The molecule has 144 valence electrons. The van der Waals surface area contributed by atoms with E-state index < -0.39 is 41.7 Å². The molecule has 8 nitrogen and oxygen atoms in total. The summed E-state index contributed by atoms with van der Waals surface area (Å²) in [6.07, 6.45) is -2.62. The van der Waals surface area contributed by atoms with Gasteiger partial charge in [0.05, 0.1) is 17.7 Å². The van der Waals surface area contributed by atoms with Gasteiger partial charge in [0.25, 0.3) is 11.8 Å². The quantitative estimate of drug-likeness (QED) is 0.732. The molecule has 0 saturated carbocycles. The molecule has 0 bridgehead atoms. The van der Waals surface area contributed by atoms with Crippen molar-refractivity contribution in [3.63, 3.8) is 0 Å². The monoisotopic (exact) mass is 378 g/mol. The summed E-state index contributed by atoms with van der Waals surface area (Å²) < 4.78 is 19.0. The number of hydrogen-bond acceptors (Lipinski definition) is 6. The Morgan fingerprint density at radius 3 is 2.19 bits per heavy atom. The second-order valence-electron chi connectivity index (χ2n) is 7.34. The van der Waals surface area contributed by atoms with E-state index in [0.717, 1.165) is 4.90 Å². The summed E-state index contributed by atoms with van der Waals surface area (Å²) in [7, 11) is 0. The standard InChI is InChI=1S/C18H19FN2O6/c1-18(2,3)26-17(25)20-9-10(19)8-13(20)16(24)27-21-14(22)11-6-4-5-7-12(11)15(21)23/h4-7,10,13H,8-9H2,1-3H3/t10-,13+/m0/s1. The molecule has 2 aliphatic heterocycles. The summed E-state index contributed by atoms with van der Waals surface area (Å²) in [5, 5.41) is 0.339. The number of nitrogens with zero attached hydrogens (tertiary/aromatic N) is 2. The Balaban J connectivity index is 1.74. The van der Waals surface area contributed by atoms with Gasteiger partial charge in [-0.05, 0) is 32.9 Å². The lowest BCUT2D eigenvalue weighted by atomic mass is 10.1. The van der Waals surface area contributed by atoms with Gasteiger partial charge in [-0.15, -0.1) is 0 Å². The third kappa shape index (κ3) is 3.62. The second kappa shape index (κ2) is 6.64. The maximum absolute atomic E-state index is 13.9. The van der Waals surface area contributed by atoms with Crippen molar-refractivity contribution >= 4 is 23.9 Å². The number of fused-ring (bicyclic) bond motifs is 1. The summed E-state index contributed by atoms with van der Waals surface area (Å²) in [4.78, 5) is 55.1. The summed E-state index contributed by atoms with van der Waals surface area (Å²) in [5.74, 6) is -2.65. The molecule has 0 aromatic heterocycles. The van der Waals surface area contributed by atoms with Crippen molar-refractivity contribution in [2.45, 2.75) is 45.0 Å². The van der Waals surface area contributed by atoms with E-state index in [2.05, 4.69) is 0 Å². The molecule has 9 heteroatoms. The highest BCUT2D eigenvalue weighted by molar-refractivity contribution is 6.20. The van der Waals surface area contributed by atoms with E-state index in [1.807, 2.05) is 0 Å². The SMILES string of the molecule is CC(C)(C)OC(=O)N1C[C@@H](F)C[C@@H]1C(=O)ON1C(=O)c2ccccc2C1=O. The van der Waals surface area contributed by atoms with Gasteiger partial charge in [0, 0.05) is 6.42 Å². The molecule has 1 aromatic rings. The van der Waals surface area contributed by atoms with E-state index >= 15 is 0 Å². The molecule has 27 heavy (non-hydrogen) atoms. The van der Waals surface area contributed by atoms with E-state index in [4.69, 9.17) is 9.57 Å². The third-order valence-electron chi connectivity index (χ3n) is 4.09. The average Bonchev–Trinajstić information content (AvgIpc) is 3.08. The van der Waals surface area contributed by atoms with E-state index in [9.17, 15) is 23.6 Å². The first-order valence-electron chi connectivity index (χ1n) is 8.42. The Morgan fingerprint density at radius 1 is 1.11 bits per heavy atom. The maximum atomic E-state index is 13.9. The van der Waals surface area contributed by atoms with Crippen LogP contribution in [0.25, 0.3) is 0 Å². The number of hydroxylamine groups is 2. The number of imide groups is 1. The van der Waals surface area contributed by atoms with Crippen LogP contribution >= 0.6 is 0 Å². The number of carbonyl (C=O) groups excluding carboxylic acids is 4. The van der Waals surface area contributed by atoms with Crippen LogP contribution in [0.3, 0.4) is 0 Å². The first-order chi connectivity index (χ1) is 12.6. The molecular weight excluding hydrogens is 359 g/mol. The molecule has 1 aromatic carbocycles. The van der Waals surface area contributed by atoms with Crippen molar-refractivity contribution in [3.8, 4) is 0 Å². The Kier molecular flexibility index (Phi) is 4.63. The number of alkyl halides is 1. The Bertz CT molecular complexity index is 783. The first-order valence-corrected chi connectivity index (χ1v) is 8.42. The number of amides is 3. The summed E-state index contributed by atoms with van der Waals surface area (Å²) >= 11 is 0. The first kappa shape index (κ1) is 18.8. The fourth-order valence-electron chi connectivity index (χ4n) is 2.93. The van der Waals surface area contributed by atoms with Gasteiger partial charge in [0.1, 0.15) is 17.8 Å². The van der Waals surface area contributed by atoms with Crippen molar-refractivity contribution in [1.82, 2.24) is 9.96 Å². The maximum Gasteiger partial charge on any atom is 0.411 e. The molecule has 1 fully saturated rings. The van der Waals surface area contributed by atoms with Crippen LogP contribution in [-0.4, -0.2) is 58.2 Å². The van der Waals surface area contributed by atoms with Crippen molar-refractivity contribution in [2.24, 2.45) is 0 Å². The number of likely N-dealkylation sites (tertiary alicyclic amines) is 1. The zero-order chi connectivity index (χ0) is 19.9. The minimum absolute atomic E-state index is 0.106. The van der Waals surface area contributed by atoms with Crippen molar-refractivity contribution in [3.05, 3.63) is 35.4 Å². The van der Waals surface area contributed by atoms with Gasteiger partial charge in [-0.1, -0.05) is 17.2 Å². The molecule has 1 saturated heterocycles. The molecular formula is C18H19FN2O6. The molecule has 2 heterocycles. The molecule has 3 amide bonds. The zero-order valence-electron chi connectivity index (χ0n) is 15.1. The second-order valence-corrected chi connectivity index (χ2v) is 7.34. The van der Waals surface area contributed by atoms with Gasteiger partial charge in [-0.3, -0.25) is 14.5 Å². The zero-order valence-corrected chi connectivity index (χ0v) is 15.1. The van der Waals surface area contributed by atoms with E-state index in [-0.39, 0.29) is 24.1 Å². The van der Waals surface area contributed by atoms with Gasteiger partial charge in [0.2, 0.25) is 0 Å². The van der Waals surface area contributed by atoms with Crippen LogP contribution in [0.4, 0.5) is 9.18 Å². The fraction of sp³-hybridized carbons (Fsp3) is 0.444. The van der Waals surface area contributed by atoms with Crippen LogP contribution in [-0.2, 0) is 14.4 Å². The van der Waals surface area contributed by atoms with Crippen LogP contribution in [0.1, 0.15) is 47.9 Å². The number of carbonyl (C=O) groups is 4. The van der Waals surface area contributed by atoms with Crippen molar-refractivity contribution in [1.29, 1.82) is 0 Å². The highest BCUT2D eigenvalue weighted by Crippen LogP contribution is 2.27. The molecule has 0 spiro atoms. The van der Waals surface area contributed by atoms with Gasteiger partial charge in [-0.2, -0.15) is 0 Å². The van der Waals surface area contributed by atoms with Gasteiger partial charge in [-0.25, -0.2) is 14.0 Å². The van der Waals surface area contributed by atoms with Crippen LogP contribution in [0.15, 0.2) is 24.3 Å². The van der Waals surface area contributed by atoms with E-state index in [1.54, 1.807) is 32.9 Å². The average molecular weight is 378 g/mol. The van der Waals surface area contributed by atoms with E-state index in [1.165, 1.54) is 12.1 Å². The normalized spacial score (nSPS) is 22.1. The largest absolute Gasteiger partial charge is 0.444 e. The van der Waals surface area contributed by atoms with Crippen LogP contribution in [0, 0.1) is 0 Å². The molecule has 0 N–H and O–H groups in total. The molecule has 2 aliphatic rings. The third-order valence-corrected chi connectivity index (χ3v) is 4.09. The van der Waals surface area contributed by atoms with Crippen LogP contribution in [0.5, 0.6) is 0 Å². The van der Waals surface area contributed by atoms with E-state index in [0.29, 0.717) is 5.06 Å². The number of hydrogen-bond donors (Lipinski definition) is 0. The summed E-state index contributed by atoms with van der Waals surface area (Å²) in [6.45, 7) is 4.58. The topological polar surface area (TPSA) is 93.2 Å². The number of halogens is 1. The minimum atomic E-state index is -1.45. The predicted octanol–water partition coefficient (Wildman–Crippen LogP) is 2.09. The summed E-state index contributed by atoms with van der Waals surface area (Å²) in [6, 6.07) is 4.72. The van der Waals surface area contributed by atoms with Crippen LogP contribution < -0.4 is 0 Å². The highest BCUT2D eigenvalue weighted by Gasteiger charge is 2.46. The Morgan fingerprint density at radius 2 is 1.67 bits per heavy atom. The molecule has 0 aliphatic carbocycles. The lowest BCUT2D eigenvalue weighted by molar-refractivity contribution is -0.173. The predicted molar refractivity (Wildman–Crippen MR) is 89.3 cm³/mol. The summed E-state index contributed by atoms with van der Waals surface area (Å²) in [5.41, 5.74) is -0.620. The fourth-order valence-corrected chi connectivity index (χ4v) is 2.93.